The van der Waals surface area contributed by atoms with Crippen molar-refractivity contribution in [2.45, 2.75) is 23.9 Å². The Kier molecular flexibility index (Phi) is 4.06. The topological polar surface area (TPSA) is 24.9 Å². The van der Waals surface area contributed by atoms with Gasteiger partial charge >= 0.3 is 0 Å². The normalized spacial score (nSPS) is 18.1. The van der Waals surface area contributed by atoms with Gasteiger partial charge in [-0.3, -0.25) is 4.98 Å². The molecule has 3 rings (SSSR count). The highest BCUT2D eigenvalue weighted by Crippen LogP contribution is 2.37. The van der Waals surface area contributed by atoms with E-state index < -0.39 is 0 Å². The molecule has 0 fully saturated rings. The Morgan fingerprint density at radius 3 is 3.16 bits per heavy atom. The van der Waals surface area contributed by atoms with Gasteiger partial charge < -0.3 is 5.32 Å². The second-order valence-electron chi connectivity index (χ2n) is 4.61. The molecule has 0 amide bonds. The van der Waals surface area contributed by atoms with Crippen LogP contribution in [0.1, 0.15) is 23.6 Å². The number of hydrogen-bond donors (Lipinski definition) is 1. The molecule has 98 valence electrons. The predicted octanol–water partition coefficient (Wildman–Crippen LogP) is 4.06. The maximum absolute atomic E-state index is 6.11. The van der Waals surface area contributed by atoms with Crippen LogP contribution in [0.5, 0.6) is 0 Å². The van der Waals surface area contributed by atoms with Gasteiger partial charge in [-0.15, -0.1) is 11.8 Å². The lowest BCUT2D eigenvalue weighted by Crippen LogP contribution is -2.24. The van der Waals surface area contributed by atoms with E-state index in [1.165, 1.54) is 16.0 Å². The molecule has 0 radical (unpaired) electrons. The summed E-state index contributed by atoms with van der Waals surface area (Å²) in [5, 5.41) is 4.42. The number of halogens is 1. The van der Waals surface area contributed by atoms with Crippen molar-refractivity contribution in [3.05, 3.63) is 58.9 Å². The molecule has 0 spiro atoms. The average molecular weight is 291 g/mol. The number of nitrogens with zero attached hydrogens (tertiary/aromatic N) is 1. The van der Waals surface area contributed by atoms with Gasteiger partial charge in [-0.1, -0.05) is 17.7 Å². The lowest BCUT2D eigenvalue weighted by atomic mass is 10.0. The van der Waals surface area contributed by atoms with Gasteiger partial charge in [0.1, 0.15) is 0 Å². The number of rotatable bonds is 3. The lowest BCUT2D eigenvalue weighted by molar-refractivity contribution is 0.509. The smallest absolute Gasteiger partial charge is 0.0410 e. The third kappa shape index (κ3) is 3.11. The van der Waals surface area contributed by atoms with E-state index in [1.54, 1.807) is 6.20 Å². The fourth-order valence-electron chi connectivity index (χ4n) is 2.32. The van der Waals surface area contributed by atoms with Gasteiger partial charge in [0.2, 0.25) is 0 Å². The average Bonchev–Trinajstić information content (AvgIpc) is 2.46. The van der Waals surface area contributed by atoms with Crippen LogP contribution < -0.4 is 5.32 Å². The van der Waals surface area contributed by atoms with E-state index in [4.69, 9.17) is 11.6 Å². The van der Waals surface area contributed by atoms with E-state index in [-0.39, 0.29) is 0 Å². The van der Waals surface area contributed by atoms with E-state index in [1.807, 2.05) is 30.1 Å². The van der Waals surface area contributed by atoms with Crippen LogP contribution in [-0.2, 0) is 6.54 Å². The maximum Gasteiger partial charge on any atom is 0.0410 e. The van der Waals surface area contributed by atoms with Crippen LogP contribution >= 0.6 is 23.4 Å². The van der Waals surface area contributed by atoms with E-state index >= 15 is 0 Å². The van der Waals surface area contributed by atoms with E-state index in [0.717, 1.165) is 23.7 Å². The summed E-state index contributed by atoms with van der Waals surface area (Å²) < 4.78 is 0. The Labute approximate surface area is 122 Å². The number of thioether (sulfide) groups is 1. The molecule has 1 aliphatic rings. The number of benzene rings is 1. The van der Waals surface area contributed by atoms with Gasteiger partial charge in [0.25, 0.3) is 0 Å². The molecule has 1 aliphatic heterocycles. The minimum atomic E-state index is 0.384. The molecule has 1 aromatic heterocycles. The molecular weight excluding hydrogens is 276 g/mol. The fourth-order valence-corrected chi connectivity index (χ4v) is 3.61. The molecule has 2 nitrogen and oxygen atoms in total. The molecular formula is C15H15ClN2S. The van der Waals surface area contributed by atoms with Crippen LogP contribution in [0.15, 0.2) is 47.6 Å². The molecule has 19 heavy (non-hydrogen) atoms. The highest BCUT2D eigenvalue weighted by molar-refractivity contribution is 7.99. The zero-order valence-corrected chi connectivity index (χ0v) is 12.0. The molecule has 1 atom stereocenters. The fraction of sp³-hybridized carbons (Fsp3) is 0.267. The maximum atomic E-state index is 6.11. The third-order valence-corrected chi connectivity index (χ3v) is 4.64. The van der Waals surface area contributed by atoms with Gasteiger partial charge in [0.15, 0.2) is 0 Å². The molecule has 2 aromatic rings. The highest BCUT2D eigenvalue weighted by atomic mass is 35.5. The standard InChI is InChI=1S/C15H15ClN2S/c16-12-3-4-15-13(8-12)14(5-7-19-15)18-10-11-2-1-6-17-9-11/h1-4,6,8-9,14,18H,5,7,10H2. The van der Waals surface area contributed by atoms with Gasteiger partial charge in [-0.25, -0.2) is 0 Å². The summed E-state index contributed by atoms with van der Waals surface area (Å²) in [7, 11) is 0. The Bertz CT molecular complexity index is 559. The Hall–Kier alpha value is -1.03. The van der Waals surface area contributed by atoms with Crippen molar-refractivity contribution in [3.63, 3.8) is 0 Å². The number of fused-ring (bicyclic) bond motifs is 1. The number of aromatic nitrogens is 1. The van der Waals surface area contributed by atoms with Crippen molar-refractivity contribution >= 4 is 23.4 Å². The molecule has 1 aromatic carbocycles. The van der Waals surface area contributed by atoms with E-state index in [9.17, 15) is 0 Å². The van der Waals surface area contributed by atoms with E-state index in [0.29, 0.717) is 6.04 Å². The van der Waals surface area contributed by atoms with Crippen molar-refractivity contribution < 1.29 is 0 Å². The van der Waals surface area contributed by atoms with Gasteiger partial charge in [0, 0.05) is 34.9 Å². The first-order valence-corrected chi connectivity index (χ1v) is 7.74. The number of nitrogens with one attached hydrogen (secondary N) is 1. The largest absolute Gasteiger partial charge is 0.306 e. The minimum Gasteiger partial charge on any atom is -0.306 e. The zero-order chi connectivity index (χ0) is 13.1. The molecule has 0 aliphatic carbocycles. The Morgan fingerprint density at radius 2 is 2.32 bits per heavy atom. The van der Waals surface area contributed by atoms with E-state index in [2.05, 4.69) is 28.5 Å². The highest BCUT2D eigenvalue weighted by Gasteiger charge is 2.20. The van der Waals surface area contributed by atoms with Crippen LogP contribution in [0.4, 0.5) is 0 Å². The Balaban J connectivity index is 1.75. The monoisotopic (exact) mass is 290 g/mol. The molecule has 0 saturated heterocycles. The van der Waals surface area contributed by atoms with Crippen molar-refractivity contribution in [1.82, 2.24) is 10.3 Å². The van der Waals surface area contributed by atoms with Crippen molar-refractivity contribution in [2.75, 3.05) is 5.75 Å². The SMILES string of the molecule is Clc1ccc2c(c1)C(NCc1cccnc1)CCS2. The summed E-state index contributed by atoms with van der Waals surface area (Å²) in [5.74, 6) is 1.15. The first kappa shape index (κ1) is 13.0. The molecule has 1 N–H and O–H groups in total. The van der Waals surface area contributed by atoms with Crippen molar-refractivity contribution in [3.8, 4) is 0 Å². The Morgan fingerprint density at radius 1 is 1.37 bits per heavy atom. The van der Waals surface area contributed by atoms with Gasteiger partial charge in [-0.2, -0.15) is 0 Å². The van der Waals surface area contributed by atoms with Gasteiger partial charge in [0.05, 0.1) is 0 Å². The van der Waals surface area contributed by atoms with Gasteiger partial charge in [-0.05, 0) is 47.6 Å². The number of pyridine rings is 1. The zero-order valence-electron chi connectivity index (χ0n) is 10.5. The van der Waals surface area contributed by atoms with Crippen molar-refractivity contribution in [1.29, 1.82) is 0 Å². The molecule has 1 unspecified atom stereocenters. The third-order valence-electron chi connectivity index (χ3n) is 3.29. The second kappa shape index (κ2) is 5.95. The summed E-state index contributed by atoms with van der Waals surface area (Å²) in [6, 6.07) is 10.6. The van der Waals surface area contributed by atoms with Crippen LogP contribution in [0.2, 0.25) is 5.02 Å². The molecule has 0 saturated carbocycles. The summed E-state index contributed by atoms with van der Waals surface area (Å²) in [4.78, 5) is 5.49. The summed E-state index contributed by atoms with van der Waals surface area (Å²) in [5.41, 5.74) is 2.54. The molecule has 0 bridgehead atoms. The first-order chi connectivity index (χ1) is 9.33. The van der Waals surface area contributed by atoms with Crippen LogP contribution in [0.3, 0.4) is 0 Å². The van der Waals surface area contributed by atoms with Crippen LogP contribution in [-0.4, -0.2) is 10.7 Å². The molecule has 4 heteroatoms. The summed E-state index contributed by atoms with van der Waals surface area (Å²) >= 11 is 8.02. The number of hydrogen-bond acceptors (Lipinski definition) is 3. The van der Waals surface area contributed by atoms with Crippen molar-refractivity contribution in [2.24, 2.45) is 0 Å². The second-order valence-corrected chi connectivity index (χ2v) is 6.19. The van der Waals surface area contributed by atoms with Crippen LogP contribution in [0.25, 0.3) is 0 Å². The first-order valence-electron chi connectivity index (χ1n) is 6.37. The lowest BCUT2D eigenvalue weighted by Gasteiger charge is -2.26. The van der Waals surface area contributed by atoms with Crippen LogP contribution in [0, 0.1) is 0 Å². The summed E-state index contributed by atoms with van der Waals surface area (Å²) in [6.07, 6.45) is 4.84. The predicted molar refractivity (Wildman–Crippen MR) is 80.6 cm³/mol. The minimum absolute atomic E-state index is 0.384. The molecule has 2 heterocycles. The quantitative estimate of drug-likeness (QED) is 0.923. The summed E-state index contributed by atoms with van der Waals surface area (Å²) in [6.45, 7) is 0.842.